The van der Waals surface area contributed by atoms with Crippen molar-refractivity contribution in [3.05, 3.63) is 46.5 Å². The van der Waals surface area contributed by atoms with Crippen LogP contribution in [0.2, 0.25) is 0 Å². The zero-order valence-corrected chi connectivity index (χ0v) is 11.2. The van der Waals surface area contributed by atoms with Gasteiger partial charge in [-0.3, -0.25) is 4.79 Å². The summed E-state index contributed by atoms with van der Waals surface area (Å²) in [6.07, 6.45) is 0.649. The van der Waals surface area contributed by atoms with E-state index < -0.39 is 5.97 Å². The van der Waals surface area contributed by atoms with E-state index in [1.165, 1.54) is 11.1 Å². The van der Waals surface area contributed by atoms with E-state index in [0.29, 0.717) is 6.42 Å². The van der Waals surface area contributed by atoms with Crippen molar-refractivity contribution in [2.24, 2.45) is 0 Å². The van der Waals surface area contributed by atoms with Crippen LogP contribution in [0, 0.1) is 0 Å². The minimum atomic E-state index is -0.775. The van der Waals surface area contributed by atoms with Gasteiger partial charge in [0.25, 0.3) is 0 Å². The summed E-state index contributed by atoms with van der Waals surface area (Å²) in [5.74, 6) is -0.775. The number of benzene rings is 1. The molecular formula is C14H14N2O2S. The smallest absolute Gasteiger partial charge is 0.303 e. The van der Waals surface area contributed by atoms with Gasteiger partial charge in [0, 0.05) is 24.9 Å². The van der Waals surface area contributed by atoms with E-state index in [9.17, 15) is 4.79 Å². The number of aryl methyl sites for hydroxylation is 1. The van der Waals surface area contributed by atoms with Crippen LogP contribution < -0.4 is 4.90 Å². The van der Waals surface area contributed by atoms with Crippen LogP contribution in [0.15, 0.2) is 29.6 Å². The van der Waals surface area contributed by atoms with Crippen LogP contribution in [0.3, 0.4) is 0 Å². The largest absolute Gasteiger partial charge is 0.481 e. The summed E-state index contributed by atoms with van der Waals surface area (Å²) in [4.78, 5) is 17.3. The Labute approximate surface area is 115 Å². The third kappa shape index (κ3) is 2.61. The third-order valence-electron chi connectivity index (χ3n) is 3.25. The number of carboxylic acids is 1. The maximum atomic E-state index is 10.5. The number of rotatable bonds is 4. The average Bonchev–Trinajstić information content (AvgIpc) is 3.02. The molecule has 19 heavy (non-hydrogen) atoms. The Morgan fingerprint density at radius 2 is 2.00 bits per heavy atom. The minimum Gasteiger partial charge on any atom is -0.481 e. The monoisotopic (exact) mass is 274 g/mol. The van der Waals surface area contributed by atoms with E-state index in [4.69, 9.17) is 5.11 Å². The summed E-state index contributed by atoms with van der Waals surface area (Å²) in [6, 6.07) is 8.41. The highest BCUT2D eigenvalue weighted by atomic mass is 32.1. The van der Waals surface area contributed by atoms with Gasteiger partial charge in [-0.15, -0.1) is 11.3 Å². The number of thiazole rings is 1. The second-order valence-electron chi connectivity index (χ2n) is 4.64. The van der Waals surface area contributed by atoms with Crippen molar-refractivity contribution in [3.63, 3.8) is 0 Å². The lowest BCUT2D eigenvalue weighted by atomic mass is 10.1. The summed E-state index contributed by atoms with van der Waals surface area (Å²) in [5, 5.41) is 11.6. The predicted octanol–water partition coefficient (Wildman–Crippen LogP) is 2.68. The molecule has 1 aromatic heterocycles. The van der Waals surface area contributed by atoms with Gasteiger partial charge in [0.1, 0.15) is 0 Å². The molecule has 3 rings (SSSR count). The van der Waals surface area contributed by atoms with Crippen LogP contribution in [0.25, 0.3) is 0 Å². The normalized spacial score (nSPS) is 13.6. The summed E-state index contributed by atoms with van der Waals surface area (Å²) < 4.78 is 0. The molecule has 1 aromatic carbocycles. The molecule has 1 aliphatic rings. The molecular weight excluding hydrogens is 260 g/mol. The molecule has 2 heterocycles. The first-order chi connectivity index (χ1) is 9.22. The highest BCUT2D eigenvalue weighted by Crippen LogP contribution is 2.30. The molecule has 1 N–H and O–H groups in total. The van der Waals surface area contributed by atoms with E-state index in [-0.39, 0.29) is 6.42 Å². The van der Waals surface area contributed by atoms with Gasteiger partial charge in [-0.1, -0.05) is 24.3 Å². The SMILES string of the molecule is O=C(O)CCc1csc(N2Cc3ccccc3C2)n1. The Balaban J connectivity index is 1.70. The Hall–Kier alpha value is -1.88. The first kappa shape index (κ1) is 12.2. The van der Waals surface area contributed by atoms with Gasteiger partial charge in [-0.2, -0.15) is 0 Å². The number of hydrogen-bond acceptors (Lipinski definition) is 4. The van der Waals surface area contributed by atoms with E-state index in [1.54, 1.807) is 11.3 Å². The van der Waals surface area contributed by atoms with Gasteiger partial charge in [0.15, 0.2) is 5.13 Å². The van der Waals surface area contributed by atoms with E-state index in [2.05, 4.69) is 34.1 Å². The molecule has 4 nitrogen and oxygen atoms in total. The molecule has 0 atom stereocenters. The van der Waals surface area contributed by atoms with Crippen molar-refractivity contribution in [2.75, 3.05) is 4.90 Å². The quantitative estimate of drug-likeness (QED) is 0.931. The number of fused-ring (bicyclic) bond motifs is 1. The summed E-state index contributed by atoms with van der Waals surface area (Å²) in [7, 11) is 0. The second-order valence-corrected chi connectivity index (χ2v) is 5.48. The first-order valence-electron chi connectivity index (χ1n) is 6.20. The van der Waals surface area contributed by atoms with Gasteiger partial charge in [0.05, 0.1) is 12.1 Å². The first-order valence-corrected chi connectivity index (χ1v) is 7.08. The molecule has 0 fully saturated rings. The molecule has 0 spiro atoms. The Bertz CT molecular complexity index is 584. The highest BCUT2D eigenvalue weighted by molar-refractivity contribution is 7.13. The number of aromatic nitrogens is 1. The van der Waals surface area contributed by atoms with E-state index in [1.807, 2.05) is 5.38 Å². The van der Waals surface area contributed by atoms with Crippen molar-refractivity contribution in [1.82, 2.24) is 4.98 Å². The number of hydrogen-bond donors (Lipinski definition) is 1. The predicted molar refractivity (Wildman–Crippen MR) is 74.4 cm³/mol. The maximum absolute atomic E-state index is 10.5. The fourth-order valence-corrected chi connectivity index (χ4v) is 3.12. The number of carbonyl (C=O) groups is 1. The fourth-order valence-electron chi connectivity index (χ4n) is 2.26. The van der Waals surface area contributed by atoms with E-state index >= 15 is 0 Å². The lowest BCUT2D eigenvalue weighted by Crippen LogP contribution is -2.14. The number of nitrogens with zero attached hydrogens (tertiary/aromatic N) is 2. The van der Waals surface area contributed by atoms with Crippen molar-refractivity contribution in [2.45, 2.75) is 25.9 Å². The fraction of sp³-hybridized carbons (Fsp3) is 0.286. The molecule has 2 aromatic rings. The minimum absolute atomic E-state index is 0.142. The maximum Gasteiger partial charge on any atom is 0.303 e. The van der Waals surface area contributed by atoms with Crippen molar-refractivity contribution in [3.8, 4) is 0 Å². The van der Waals surface area contributed by atoms with Crippen LogP contribution in [0.4, 0.5) is 5.13 Å². The molecule has 0 aliphatic carbocycles. The molecule has 0 radical (unpaired) electrons. The zero-order valence-electron chi connectivity index (χ0n) is 10.4. The molecule has 5 heteroatoms. The Morgan fingerprint density at radius 3 is 2.63 bits per heavy atom. The second kappa shape index (κ2) is 5.01. The molecule has 0 amide bonds. The molecule has 0 unspecified atom stereocenters. The Morgan fingerprint density at radius 1 is 1.32 bits per heavy atom. The van der Waals surface area contributed by atoms with Gasteiger partial charge >= 0.3 is 5.97 Å². The van der Waals surface area contributed by atoms with Gasteiger partial charge in [-0.05, 0) is 11.1 Å². The lowest BCUT2D eigenvalue weighted by Gasteiger charge is -2.12. The van der Waals surface area contributed by atoms with Gasteiger partial charge in [-0.25, -0.2) is 4.98 Å². The lowest BCUT2D eigenvalue weighted by molar-refractivity contribution is -0.136. The molecule has 0 bridgehead atoms. The summed E-state index contributed by atoms with van der Waals surface area (Å²) in [5.41, 5.74) is 3.58. The van der Waals surface area contributed by atoms with Crippen molar-refractivity contribution in [1.29, 1.82) is 0 Å². The number of aliphatic carboxylic acids is 1. The molecule has 98 valence electrons. The van der Waals surface area contributed by atoms with Crippen molar-refractivity contribution >= 4 is 22.4 Å². The standard InChI is InChI=1S/C14H14N2O2S/c17-13(18)6-5-12-9-19-14(15-12)16-7-10-3-1-2-4-11(10)8-16/h1-4,9H,5-8H2,(H,17,18). The van der Waals surface area contributed by atoms with Crippen molar-refractivity contribution < 1.29 is 9.90 Å². The van der Waals surface area contributed by atoms with Crippen LogP contribution in [-0.4, -0.2) is 16.1 Å². The average molecular weight is 274 g/mol. The molecule has 1 aliphatic heterocycles. The highest BCUT2D eigenvalue weighted by Gasteiger charge is 2.20. The number of anilines is 1. The topological polar surface area (TPSA) is 53.4 Å². The zero-order chi connectivity index (χ0) is 13.2. The Kier molecular flexibility index (Phi) is 3.21. The van der Waals surface area contributed by atoms with Crippen LogP contribution in [0.1, 0.15) is 23.2 Å². The van der Waals surface area contributed by atoms with Gasteiger partial charge in [0.2, 0.25) is 0 Å². The van der Waals surface area contributed by atoms with Crippen LogP contribution in [-0.2, 0) is 24.3 Å². The van der Waals surface area contributed by atoms with Crippen LogP contribution >= 0.6 is 11.3 Å². The number of carboxylic acid groups (broad SMARTS) is 1. The third-order valence-corrected chi connectivity index (χ3v) is 4.20. The summed E-state index contributed by atoms with van der Waals surface area (Å²) >= 11 is 1.59. The van der Waals surface area contributed by atoms with Crippen LogP contribution in [0.5, 0.6) is 0 Å². The van der Waals surface area contributed by atoms with E-state index in [0.717, 1.165) is 23.9 Å². The molecule has 0 saturated carbocycles. The molecule has 0 saturated heterocycles. The van der Waals surface area contributed by atoms with Gasteiger partial charge < -0.3 is 10.0 Å². The summed E-state index contributed by atoms with van der Waals surface area (Å²) in [6.45, 7) is 1.78.